The summed E-state index contributed by atoms with van der Waals surface area (Å²) < 4.78 is 66.9. The molecule has 2 N–H and O–H groups in total. The zero-order chi connectivity index (χ0) is 23.7. The Balaban J connectivity index is 0.00000126. The van der Waals surface area contributed by atoms with Gasteiger partial charge in [-0.25, -0.2) is 18.4 Å². The van der Waals surface area contributed by atoms with Crippen LogP contribution in [0.5, 0.6) is 11.8 Å². The van der Waals surface area contributed by atoms with Gasteiger partial charge in [0, 0.05) is 50.5 Å². The van der Waals surface area contributed by atoms with Gasteiger partial charge in [0.2, 0.25) is 11.8 Å². The first-order valence-corrected chi connectivity index (χ1v) is 9.86. The number of rotatable bonds is 5. The molecule has 0 aliphatic carbocycles. The van der Waals surface area contributed by atoms with Crippen molar-refractivity contribution in [1.29, 1.82) is 0 Å². The van der Waals surface area contributed by atoms with Crippen molar-refractivity contribution >= 4 is 11.0 Å². The number of nitrogens with one attached hydrogen (secondary N) is 1. The largest absolute Gasteiger partial charge is 0.477 e. The van der Waals surface area contributed by atoms with Crippen molar-refractivity contribution in [2.24, 2.45) is 7.05 Å². The van der Waals surface area contributed by atoms with Crippen molar-refractivity contribution in [1.82, 2.24) is 29.5 Å². The van der Waals surface area contributed by atoms with Crippen LogP contribution in [0.1, 0.15) is 18.5 Å². The first kappa shape index (κ1) is 22.6. The van der Waals surface area contributed by atoms with Gasteiger partial charge in [-0.15, -0.1) is 5.10 Å². The summed E-state index contributed by atoms with van der Waals surface area (Å²) in [5.74, 6) is -0.140. The van der Waals surface area contributed by atoms with Gasteiger partial charge in [-0.1, -0.05) is 0 Å². The normalized spacial score (nSPS) is 13.1. The van der Waals surface area contributed by atoms with Gasteiger partial charge in [-0.3, -0.25) is 4.68 Å². The van der Waals surface area contributed by atoms with Crippen LogP contribution in [0, 0.1) is 0 Å². The number of aromatic amines is 1. The highest BCUT2D eigenvalue weighted by molar-refractivity contribution is 6.04. The van der Waals surface area contributed by atoms with Crippen molar-refractivity contribution in [2.75, 3.05) is 13.7 Å². The highest BCUT2D eigenvalue weighted by atomic mass is 19.3. The summed E-state index contributed by atoms with van der Waals surface area (Å²) in [5.41, 5.74) is 0.751. The van der Waals surface area contributed by atoms with Crippen molar-refractivity contribution < 1.29 is 32.1 Å². The number of aliphatic hydroxyl groups is 1. The summed E-state index contributed by atoms with van der Waals surface area (Å²) in [4.78, 5) is 7.30. The van der Waals surface area contributed by atoms with Gasteiger partial charge in [0.05, 0.1) is 23.4 Å². The summed E-state index contributed by atoms with van der Waals surface area (Å²) >= 11 is 0. The highest BCUT2D eigenvalue weighted by Crippen LogP contribution is 2.47. The molecule has 0 spiro atoms. The van der Waals surface area contributed by atoms with Gasteiger partial charge in [-0.2, -0.15) is 13.9 Å². The number of aromatic nitrogens is 6. The molecule has 0 unspecified atom stereocenters. The molecule has 1 aliphatic heterocycles. The van der Waals surface area contributed by atoms with Crippen LogP contribution in [0.25, 0.3) is 33.4 Å². The van der Waals surface area contributed by atoms with Gasteiger partial charge < -0.3 is 19.6 Å². The maximum Gasteiger partial charge on any atom is 0.388 e. The lowest BCUT2D eigenvalue weighted by molar-refractivity contribution is -0.0527. The molecule has 5 rings (SSSR count). The number of nitrogens with zero attached hydrogens (tertiary/aromatic N) is 5. The van der Waals surface area contributed by atoms with E-state index in [0.717, 1.165) is 7.11 Å². The van der Waals surface area contributed by atoms with Crippen LogP contribution in [0.15, 0.2) is 24.5 Å². The maximum absolute atomic E-state index is 13.9. The number of fused-ring (bicyclic) bond motifs is 2. The lowest BCUT2D eigenvalue weighted by Crippen LogP contribution is -2.15. The fourth-order valence-electron chi connectivity index (χ4n) is 3.83. The maximum atomic E-state index is 13.9. The summed E-state index contributed by atoms with van der Waals surface area (Å²) in [6.45, 7) is -2.33. The molecule has 0 atom stereocenters. The number of ether oxygens (including phenoxy) is 2. The van der Waals surface area contributed by atoms with E-state index in [1.807, 2.05) is 0 Å². The molecule has 0 fully saturated rings. The lowest BCUT2D eigenvalue weighted by atomic mass is 10.0. The molecule has 176 valence electrons. The minimum absolute atomic E-state index is 0.0644. The van der Waals surface area contributed by atoms with E-state index < -0.39 is 18.7 Å². The Hall–Kier alpha value is -3.61. The first-order valence-electron chi connectivity index (χ1n) is 9.86. The number of pyridine rings is 1. The molecule has 0 amide bonds. The van der Waals surface area contributed by atoms with Crippen molar-refractivity contribution in [3.63, 3.8) is 0 Å². The topological polar surface area (TPSA) is 103 Å². The lowest BCUT2D eigenvalue weighted by Gasteiger charge is -2.16. The molecule has 33 heavy (non-hydrogen) atoms. The fraction of sp³-hybridized carbons (Fsp3) is 0.350. The Morgan fingerprint density at radius 2 is 1.97 bits per heavy atom. The molecule has 0 bridgehead atoms. The van der Waals surface area contributed by atoms with Crippen LogP contribution < -0.4 is 9.47 Å². The minimum Gasteiger partial charge on any atom is -0.477 e. The quantitative estimate of drug-likeness (QED) is 0.433. The second kappa shape index (κ2) is 9.10. The van der Waals surface area contributed by atoms with Crippen LogP contribution in [0.4, 0.5) is 17.6 Å². The fourth-order valence-corrected chi connectivity index (χ4v) is 3.83. The zero-order valence-electron chi connectivity index (χ0n) is 17.6. The smallest absolute Gasteiger partial charge is 0.388 e. The van der Waals surface area contributed by atoms with Gasteiger partial charge >= 0.3 is 6.61 Å². The van der Waals surface area contributed by atoms with Crippen molar-refractivity contribution in [2.45, 2.75) is 26.0 Å². The molecule has 4 aromatic heterocycles. The van der Waals surface area contributed by atoms with Gasteiger partial charge in [0.25, 0.3) is 6.43 Å². The van der Waals surface area contributed by atoms with E-state index in [1.165, 1.54) is 21.8 Å². The van der Waals surface area contributed by atoms with E-state index in [-0.39, 0.29) is 28.6 Å². The zero-order valence-corrected chi connectivity index (χ0v) is 17.6. The van der Waals surface area contributed by atoms with Crippen LogP contribution in [-0.2, 0) is 13.6 Å². The summed E-state index contributed by atoms with van der Waals surface area (Å²) in [5, 5.41) is 15.5. The molecule has 13 heteroatoms. The highest BCUT2D eigenvalue weighted by Gasteiger charge is 2.33. The first-order chi connectivity index (χ1) is 15.9. The predicted octanol–water partition coefficient (Wildman–Crippen LogP) is 3.76. The van der Waals surface area contributed by atoms with Crippen LogP contribution in [0.3, 0.4) is 0 Å². The molecule has 0 saturated carbocycles. The average molecular weight is 468 g/mol. The Morgan fingerprint density at radius 1 is 1.18 bits per heavy atom. The molecular weight excluding hydrogens is 448 g/mol. The molecule has 0 saturated heterocycles. The number of aryl methyl sites for hydroxylation is 2. The standard InChI is InChI=1S/C19H16F4N6O2.CH4O/c1-28-8-10(17(27-28)31-19(22)23)11-9-4-2-5-24-16(9)25-13(11)12-14(15(20)21)26-29-6-3-7-30-18(12)29;1-2/h2,4-5,8,15,19H,3,6-7H2,1H3,(H,24,25);2H,1H3. The molecule has 4 aromatic rings. The molecule has 9 nitrogen and oxygen atoms in total. The van der Waals surface area contributed by atoms with Crippen LogP contribution in [0.2, 0.25) is 0 Å². The second-order valence-corrected chi connectivity index (χ2v) is 6.97. The Labute approximate surface area is 184 Å². The summed E-state index contributed by atoms with van der Waals surface area (Å²) in [7, 11) is 2.55. The van der Waals surface area contributed by atoms with Crippen molar-refractivity contribution in [3.05, 3.63) is 30.2 Å². The second-order valence-electron chi connectivity index (χ2n) is 6.97. The number of H-pyrrole nitrogens is 1. The average Bonchev–Trinajstić information content (AvgIpc) is 3.46. The molecule has 0 aromatic carbocycles. The Morgan fingerprint density at radius 3 is 2.70 bits per heavy atom. The number of alkyl halides is 4. The summed E-state index contributed by atoms with van der Waals surface area (Å²) in [6, 6.07) is 3.36. The SMILES string of the molecule is CO.Cn1cc(-c2c(-c3c(C(F)F)nn4c3OCCC4)[nH]c3ncccc23)c(OC(F)F)n1. The molecule has 1 aliphatic rings. The van der Waals surface area contributed by atoms with E-state index in [2.05, 4.69) is 24.9 Å². The van der Waals surface area contributed by atoms with E-state index in [4.69, 9.17) is 9.84 Å². The molecule has 0 radical (unpaired) electrons. The van der Waals surface area contributed by atoms with Gasteiger partial charge in [-0.05, 0) is 12.1 Å². The number of hydrogen-bond donors (Lipinski definition) is 2. The van der Waals surface area contributed by atoms with E-state index in [1.54, 1.807) is 19.2 Å². The van der Waals surface area contributed by atoms with E-state index >= 15 is 0 Å². The Kier molecular flexibility index (Phi) is 6.22. The monoisotopic (exact) mass is 468 g/mol. The van der Waals surface area contributed by atoms with Crippen LogP contribution in [-0.4, -0.2) is 55.0 Å². The van der Waals surface area contributed by atoms with Crippen molar-refractivity contribution in [3.8, 4) is 34.1 Å². The Bertz CT molecular complexity index is 1270. The van der Waals surface area contributed by atoms with Gasteiger partial charge in [0.15, 0.2) is 0 Å². The third-order valence-corrected chi connectivity index (χ3v) is 4.98. The minimum atomic E-state index is -3.11. The number of aliphatic hydroxyl groups excluding tert-OH is 1. The van der Waals surface area contributed by atoms with E-state index in [0.29, 0.717) is 36.2 Å². The number of hydrogen-bond acceptors (Lipinski definition) is 6. The van der Waals surface area contributed by atoms with E-state index in [9.17, 15) is 17.6 Å². The van der Waals surface area contributed by atoms with Gasteiger partial charge in [0.1, 0.15) is 11.3 Å². The summed E-state index contributed by atoms with van der Waals surface area (Å²) in [6.07, 6.45) is 0.766. The number of halogens is 4. The van der Waals surface area contributed by atoms with Crippen LogP contribution >= 0.6 is 0 Å². The molecule has 5 heterocycles. The third kappa shape index (κ3) is 3.99. The predicted molar refractivity (Wildman–Crippen MR) is 109 cm³/mol. The third-order valence-electron chi connectivity index (χ3n) is 4.98. The molecular formula is C20H20F4N6O3.